The van der Waals surface area contributed by atoms with Gasteiger partial charge in [0.1, 0.15) is 25.1 Å². The van der Waals surface area contributed by atoms with Crippen LogP contribution in [0.4, 0.5) is 4.79 Å². The Balaban J connectivity index is 2.18. The number of rotatable bonds is 0. The number of methoxy groups -OCH3 is 1. The van der Waals surface area contributed by atoms with Gasteiger partial charge in [0.2, 0.25) is 0 Å². The summed E-state index contributed by atoms with van der Waals surface area (Å²) >= 11 is 0. The molecule has 1 N–H and O–H groups in total. The lowest BCUT2D eigenvalue weighted by atomic mass is 10.3. The Hall–Kier alpha value is -1.49. The molecule has 0 spiro atoms. The molecule has 1 atom stereocenters. The molecule has 1 aromatic rings. The van der Waals surface area contributed by atoms with Gasteiger partial charge in [-0.15, -0.1) is 0 Å². The van der Waals surface area contributed by atoms with Crippen LogP contribution in [0.1, 0.15) is 11.3 Å². The van der Waals surface area contributed by atoms with Crippen molar-refractivity contribution in [3.05, 3.63) is 23.8 Å². The molecule has 1 aliphatic rings. The van der Waals surface area contributed by atoms with Crippen LogP contribution in [0.5, 0.6) is 0 Å². The molecule has 5 heteroatoms. The van der Waals surface area contributed by atoms with E-state index in [-0.39, 0.29) is 6.09 Å². The van der Waals surface area contributed by atoms with E-state index in [4.69, 9.17) is 0 Å². The summed E-state index contributed by atoms with van der Waals surface area (Å²) in [5.74, 6) is 0. The molecule has 0 aliphatic carbocycles. The first-order valence-corrected chi connectivity index (χ1v) is 4.02. The quantitative estimate of drug-likeness (QED) is 0.564. The Morgan fingerprint density at radius 2 is 2.46 bits per heavy atom. The van der Waals surface area contributed by atoms with E-state index >= 15 is 0 Å². The zero-order chi connectivity index (χ0) is 9.26. The monoisotopic (exact) mass is 180 g/mol. The highest BCUT2D eigenvalue weighted by molar-refractivity contribution is 5.57. The Morgan fingerprint density at radius 1 is 1.62 bits per heavy atom. The summed E-state index contributed by atoms with van der Waals surface area (Å²) in [6, 6.07) is 0. The van der Waals surface area contributed by atoms with E-state index in [2.05, 4.69) is 14.7 Å². The van der Waals surface area contributed by atoms with E-state index in [0.717, 1.165) is 16.2 Å². The number of carbonyl (C=O) groups excluding carboxylic acids is 1. The third-order valence-electron chi connectivity index (χ3n) is 2.14. The van der Waals surface area contributed by atoms with Gasteiger partial charge in [0, 0.05) is 6.20 Å². The third kappa shape index (κ3) is 1.38. The van der Waals surface area contributed by atoms with Crippen molar-refractivity contribution in [3.8, 4) is 0 Å². The molecule has 5 nitrogen and oxygen atoms in total. The van der Waals surface area contributed by atoms with Crippen LogP contribution < -0.4 is 4.90 Å². The average molecular weight is 180 g/mol. The third-order valence-corrected chi connectivity index (χ3v) is 2.14. The SMILES string of the molecule is COC(=O)[NH+]1Cc2cncnc2C1. The van der Waals surface area contributed by atoms with E-state index in [1.54, 1.807) is 6.20 Å². The van der Waals surface area contributed by atoms with Gasteiger partial charge in [-0.05, 0) is 0 Å². The van der Waals surface area contributed by atoms with E-state index in [1.165, 1.54) is 13.4 Å². The highest BCUT2D eigenvalue weighted by atomic mass is 16.5. The molecular weight excluding hydrogens is 170 g/mol. The summed E-state index contributed by atoms with van der Waals surface area (Å²) in [6.45, 7) is 1.23. The van der Waals surface area contributed by atoms with E-state index in [9.17, 15) is 4.79 Å². The number of nitrogens with one attached hydrogen (secondary N) is 1. The van der Waals surface area contributed by atoms with Gasteiger partial charge >= 0.3 is 6.09 Å². The van der Waals surface area contributed by atoms with Crippen LogP contribution in [-0.2, 0) is 17.8 Å². The molecule has 1 aliphatic heterocycles. The molecule has 2 rings (SSSR count). The number of ether oxygens (including phenoxy) is 1. The lowest BCUT2D eigenvalue weighted by molar-refractivity contribution is -0.844. The highest BCUT2D eigenvalue weighted by Crippen LogP contribution is 2.05. The number of amides is 1. The largest absolute Gasteiger partial charge is 0.514 e. The second-order valence-electron chi connectivity index (χ2n) is 2.94. The van der Waals surface area contributed by atoms with Crippen molar-refractivity contribution in [2.45, 2.75) is 13.1 Å². The van der Waals surface area contributed by atoms with E-state index in [0.29, 0.717) is 13.1 Å². The van der Waals surface area contributed by atoms with Crippen LogP contribution in [0, 0.1) is 0 Å². The number of alkyl carbamates (subject to hydrolysis) is 2. The van der Waals surface area contributed by atoms with Gasteiger partial charge in [0.25, 0.3) is 0 Å². The molecule has 0 saturated carbocycles. The average Bonchev–Trinajstić information content (AvgIpc) is 2.59. The van der Waals surface area contributed by atoms with Gasteiger partial charge in [0.15, 0.2) is 0 Å². The zero-order valence-corrected chi connectivity index (χ0v) is 7.28. The Labute approximate surface area is 75.4 Å². The first-order chi connectivity index (χ1) is 6.31. The molecule has 1 amide bonds. The van der Waals surface area contributed by atoms with Crippen molar-refractivity contribution in [1.29, 1.82) is 0 Å². The molecular formula is C8H10N3O2+. The molecule has 0 radical (unpaired) electrons. The van der Waals surface area contributed by atoms with Crippen molar-refractivity contribution >= 4 is 6.09 Å². The summed E-state index contributed by atoms with van der Waals surface area (Å²) < 4.78 is 4.64. The number of hydrogen-bond acceptors (Lipinski definition) is 4. The number of hydrogen-bond donors (Lipinski definition) is 1. The molecule has 0 saturated heterocycles. The number of nitrogens with zero attached hydrogens (tertiary/aromatic N) is 2. The maximum absolute atomic E-state index is 11.2. The van der Waals surface area contributed by atoms with Gasteiger partial charge in [-0.1, -0.05) is 0 Å². The zero-order valence-electron chi connectivity index (χ0n) is 7.28. The van der Waals surface area contributed by atoms with Crippen molar-refractivity contribution in [3.63, 3.8) is 0 Å². The smallest absolute Gasteiger partial charge is 0.423 e. The van der Waals surface area contributed by atoms with Gasteiger partial charge in [-0.25, -0.2) is 14.9 Å². The molecule has 13 heavy (non-hydrogen) atoms. The predicted octanol–water partition coefficient (Wildman–Crippen LogP) is -0.859. The summed E-state index contributed by atoms with van der Waals surface area (Å²) in [5.41, 5.74) is 1.97. The first kappa shape index (κ1) is 8.12. The van der Waals surface area contributed by atoms with Gasteiger partial charge in [0.05, 0.1) is 12.7 Å². The fourth-order valence-electron chi connectivity index (χ4n) is 1.47. The van der Waals surface area contributed by atoms with Crippen LogP contribution in [0.15, 0.2) is 12.5 Å². The normalized spacial score (nSPS) is 19.6. The standard InChI is InChI=1S/C8H9N3O2/c1-13-8(12)11-3-6-2-9-5-10-7(6)4-11/h2,5H,3-4H2,1H3/p+1. The van der Waals surface area contributed by atoms with Crippen LogP contribution in [0.25, 0.3) is 0 Å². The first-order valence-electron chi connectivity index (χ1n) is 4.02. The van der Waals surface area contributed by atoms with Crippen LogP contribution in [0.2, 0.25) is 0 Å². The predicted molar refractivity (Wildman–Crippen MR) is 42.8 cm³/mol. The number of quaternary nitrogens is 1. The molecule has 68 valence electrons. The Kier molecular flexibility index (Phi) is 1.94. The van der Waals surface area contributed by atoms with Crippen LogP contribution in [-0.4, -0.2) is 23.2 Å². The minimum atomic E-state index is -0.238. The molecule has 1 unspecified atom stereocenters. The van der Waals surface area contributed by atoms with Crippen molar-refractivity contribution in [2.24, 2.45) is 0 Å². The number of fused-ring (bicyclic) bond motifs is 1. The summed E-state index contributed by atoms with van der Waals surface area (Å²) in [7, 11) is 1.39. The lowest BCUT2D eigenvalue weighted by Crippen LogP contribution is -3.10. The van der Waals surface area contributed by atoms with Crippen LogP contribution in [0.3, 0.4) is 0 Å². The minimum Gasteiger partial charge on any atom is -0.423 e. The fourth-order valence-corrected chi connectivity index (χ4v) is 1.47. The highest BCUT2D eigenvalue weighted by Gasteiger charge is 2.30. The van der Waals surface area contributed by atoms with Crippen LogP contribution >= 0.6 is 0 Å². The fraction of sp³-hybridized carbons (Fsp3) is 0.375. The number of aromatic nitrogens is 2. The van der Waals surface area contributed by atoms with Crippen molar-refractivity contribution < 1.29 is 14.4 Å². The second kappa shape index (κ2) is 3.10. The van der Waals surface area contributed by atoms with Crippen molar-refractivity contribution in [2.75, 3.05) is 7.11 Å². The lowest BCUT2D eigenvalue weighted by Gasteiger charge is -2.05. The summed E-state index contributed by atoms with van der Waals surface area (Å²) in [6.07, 6.45) is 3.01. The van der Waals surface area contributed by atoms with Gasteiger partial charge < -0.3 is 4.74 Å². The minimum absolute atomic E-state index is 0.238. The maximum Gasteiger partial charge on any atom is 0.514 e. The molecule has 2 heterocycles. The van der Waals surface area contributed by atoms with E-state index < -0.39 is 0 Å². The summed E-state index contributed by atoms with van der Waals surface area (Å²) in [4.78, 5) is 19.9. The maximum atomic E-state index is 11.2. The van der Waals surface area contributed by atoms with E-state index in [1.807, 2.05) is 0 Å². The second-order valence-corrected chi connectivity index (χ2v) is 2.94. The Bertz CT molecular complexity index is 315. The van der Waals surface area contributed by atoms with Gasteiger partial charge in [-0.2, -0.15) is 4.79 Å². The Morgan fingerprint density at radius 3 is 3.15 bits per heavy atom. The van der Waals surface area contributed by atoms with Crippen molar-refractivity contribution in [1.82, 2.24) is 9.97 Å². The molecule has 1 aromatic heterocycles. The molecule has 0 fully saturated rings. The number of carbonyl (C=O) groups is 1. The molecule has 0 aromatic carbocycles. The topological polar surface area (TPSA) is 56.5 Å². The van der Waals surface area contributed by atoms with Gasteiger partial charge in [-0.3, -0.25) is 0 Å². The molecule has 0 bridgehead atoms. The summed E-state index contributed by atoms with van der Waals surface area (Å²) in [5, 5.41) is 0.